The summed E-state index contributed by atoms with van der Waals surface area (Å²) in [5.41, 5.74) is 0.410. The highest BCUT2D eigenvalue weighted by Gasteiger charge is 2.31. The monoisotopic (exact) mass is 414 g/mol. The summed E-state index contributed by atoms with van der Waals surface area (Å²) in [7, 11) is 0. The summed E-state index contributed by atoms with van der Waals surface area (Å²) in [4.78, 5) is 15.6. The molecule has 1 amide bonds. The highest BCUT2D eigenvalue weighted by atomic mass is 32.1. The van der Waals surface area contributed by atoms with E-state index in [1.807, 2.05) is 22.4 Å². The summed E-state index contributed by atoms with van der Waals surface area (Å²) in [5.74, 6) is -0.567. The largest absolute Gasteiger partial charge is 0.573 e. The van der Waals surface area contributed by atoms with E-state index < -0.39 is 6.36 Å². The van der Waals surface area contributed by atoms with Crippen molar-refractivity contribution in [3.8, 4) is 5.75 Å². The average Bonchev–Trinajstić information content (AvgIpc) is 3.29. The molecular formula is C19H21F3N2O3S. The maximum atomic E-state index is 12.4. The first-order chi connectivity index (χ1) is 13.4. The summed E-state index contributed by atoms with van der Waals surface area (Å²) in [6.07, 6.45) is -2.62. The Labute approximate surface area is 165 Å². The van der Waals surface area contributed by atoms with Gasteiger partial charge in [0.15, 0.2) is 0 Å². The van der Waals surface area contributed by atoms with Crippen LogP contribution in [0.15, 0.2) is 41.8 Å². The van der Waals surface area contributed by atoms with Crippen LogP contribution < -0.4 is 10.1 Å². The molecule has 1 aliphatic rings. The van der Waals surface area contributed by atoms with E-state index in [0.29, 0.717) is 18.8 Å². The van der Waals surface area contributed by atoms with Gasteiger partial charge in [-0.2, -0.15) is 0 Å². The van der Waals surface area contributed by atoms with E-state index in [4.69, 9.17) is 4.74 Å². The number of ether oxygens (including phenoxy) is 2. The smallest absolute Gasteiger partial charge is 0.406 e. The molecule has 9 heteroatoms. The number of hydrogen-bond donors (Lipinski definition) is 1. The number of benzene rings is 1. The number of alkyl halides is 3. The molecule has 152 valence electrons. The molecule has 0 saturated carbocycles. The molecule has 0 bridgehead atoms. The Balaban J connectivity index is 1.56. The van der Waals surface area contributed by atoms with Crippen molar-refractivity contribution in [2.75, 3.05) is 25.0 Å². The molecule has 1 unspecified atom stereocenters. The van der Waals surface area contributed by atoms with E-state index in [9.17, 15) is 18.0 Å². The second-order valence-corrected chi connectivity index (χ2v) is 7.54. The van der Waals surface area contributed by atoms with Gasteiger partial charge in [0.2, 0.25) is 5.91 Å². The molecule has 1 aromatic carbocycles. The van der Waals surface area contributed by atoms with Gasteiger partial charge in [-0.3, -0.25) is 9.69 Å². The minimum Gasteiger partial charge on any atom is -0.406 e. The number of amides is 1. The molecule has 1 saturated heterocycles. The fraction of sp³-hybridized carbons (Fsp3) is 0.421. The van der Waals surface area contributed by atoms with Crippen LogP contribution in [0.4, 0.5) is 18.9 Å². The predicted molar refractivity (Wildman–Crippen MR) is 100 cm³/mol. The minimum absolute atomic E-state index is 0.117. The first kappa shape index (κ1) is 20.6. The molecule has 2 aromatic rings. The van der Waals surface area contributed by atoms with Crippen LogP contribution in [-0.2, 0) is 16.1 Å². The van der Waals surface area contributed by atoms with Crippen molar-refractivity contribution in [3.63, 3.8) is 0 Å². The van der Waals surface area contributed by atoms with Crippen LogP contribution >= 0.6 is 11.3 Å². The van der Waals surface area contributed by atoms with Crippen molar-refractivity contribution in [2.45, 2.75) is 31.9 Å². The van der Waals surface area contributed by atoms with Gasteiger partial charge in [0.25, 0.3) is 0 Å². The van der Waals surface area contributed by atoms with E-state index >= 15 is 0 Å². The molecule has 1 N–H and O–H groups in total. The number of anilines is 1. The van der Waals surface area contributed by atoms with Crippen LogP contribution in [0.2, 0.25) is 0 Å². The Bertz CT molecular complexity index is 745. The van der Waals surface area contributed by atoms with Gasteiger partial charge in [0, 0.05) is 30.3 Å². The molecule has 0 aliphatic carbocycles. The number of nitrogens with one attached hydrogen (secondary N) is 1. The third-order valence-corrected chi connectivity index (χ3v) is 5.05. The normalized spacial score (nSPS) is 17.1. The van der Waals surface area contributed by atoms with Crippen molar-refractivity contribution < 1.29 is 27.4 Å². The Morgan fingerprint density at radius 3 is 2.68 bits per heavy atom. The maximum Gasteiger partial charge on any atom is 0.573 e. The third-order valence-electron chi connectivity index (χ3n) is 4.18. The summed E-state index contributed by atoms with van der Waals surface area (Å²) >= 11 is 1.63. The Hall–Kier alpha value is -2.10. The van der Waals surface area contributed by atoms with Gasteiger partial charge in [-0.1, -0.05) is 6.07 Å². The van der Waals surface area contributed by atoms with Crippen molar-refractivity contribution >= 4 is 22.9 Å². The molecule has 0 radical (unpaired) electrons. The van der Waals surface area contributed by atoms with Crippen LogP contribution in [0.3, 0.4) is 0 Å². The van der Waals surface area contributed by atoms with E-state index in [-0.39, 0.29) is 24.3 Å². The van der Waals surface area contributed by atoms with Crippen LogP contribution in [0.25, 0.3) is 0 Å². The molecule has 3 rings (SSSR count). The second-order valence-electron chi connectivity index (χ2n) is 6.50. The van der Waals surface area contributed by atoms with Crippen LogP contribution in [0.5, 0.6) is 5.75 Å². The molecule has 1 fully saturated rings. The molecule has 2 heterocycles. The van der Waals surface area contributed by atoms with Gasteiger partial charge in [-0.15, -0.1) is 24.5 Å². The van der Waals surface area contributed by atoms with E-state index in [1.54, 1.807) is 11.3 Å². The molecular weight excluding hydrogens is 393 g/mol. The zero-order valence-corrected chi connectivity index (χ0v) is 15.9. The Morgan fingerprint density at radius 2 is 2.07 bits per heavy atom. The number of hydrogen-bond acceptors (Lipinski definition) is 5. The fourth-order valence-electron chi connectivity index (χ4n) is 3.03. The van der Waals surface area contributed by atoms with E-state index in [1.165, 1.54) is 24.3 Å². The number of carbonyl (C=O) groups is 1. The zero-order chi connectivity index (χ0) is 20.0. The van der Waals surface area contributed by atoms with Gasteiger partial charge in [0.1, 0.15) is 5.75 Å². The lowest BCUT2D eigenvalue weighted by Gasteiger charge is -2.24. The van der Waals surface area contributed by atoms with Crippen molar-refractivity contribution in [1.29, 1.82) is 0 Å². The lowest BCUT2D eigenvalue weighted by molar-refractivity contribution is -0.274. The van der Waals surface area contributed by atoms with Crippen molar-refractivity contribution in [2.24, 2.45) is 0 Å². The highest BCUT2D eigenvalue weighted by Crippen LogP contribution is 2.24. The Kier molecular flexibility index (Phi) is 6.93. The number of rotatable bonds is 8. The topological polar surface area (TPSA) is 50.8 Å². The summed E-state index contributed by atoms with van der Waals surface area (Å²) < 4.78 is 46.1. The van der Waals surface area contributed by atoms with Crippen molar-refractivity contribution in [1.82, 2.24) is 4.90 Å². The number of thiophene rings is 1. The van der Waals surface area contributed by atoms with E-state index in [2.05, 4.69) is 10.1 Å². The molecule has 1 aliphatic heterocycles. The van der Waals surface area contributed by atoms with Crippen LogP contribution in [0.1, 0.15) is 17.7 Å². The van der Waals surface area contributed by atoms with Gasteiger partial charge in [-0.05, 0) is 48.6 Å². The maximum absolute atomic E-state index is 12.4. The van der Waals surface area contributed by atoms with E-state index in [0.717, 1.165) is 24.3 Å². The predicted octanol–water partition coefficient (Wildman–Crippen LogP) is 4.27. The fourth-order valence-corrected chi connectivity index (χ4v) is 3.77. The summed E-state index contributed by atoms with van der Waals surface area (Å²) in [6.45, 7) is 2.21. The highest BCUT2D eigenvalue weighted by molar-refractivity contribution is 7.09. The number of halogens is 3. The molecule has 28 heavy (non-hydrogen) atoms. The van der Waals surface area contributed by atoms with Gasteiger partial charge < -0.3 is 14.8 Å². The lowest BCUT2D eigenvalue weighted by atomic mass is 10.2. The number of nitrogens with zero attached hydrogens (tertiary/aromatic N) is 1. The SMILES string of the molecule is O=C(CN(Cc1cccs1)CC1CCCO1)Nc1ccc(OC(F)(F)F)cc1. The van der Waals surface area contributed by atoms with Crippen molar-refractivity contribution in [3.05, 3.63) is 46.7 Å². The van der Waals surface area contributed by atoms with Crippen LogP contribution in [-0.4, -0.2) is 43.0 Å². The Morgan fingerprint density at radius 1 is 1.29 bits per heavy atom. The first-order valence-electron chi connectivity index (χ1n) is 8.89. The second kappa shape index (κ2) is 9.40. The molecule has 1 atom stereocenters. The zero-order valence-electron chi connectivity index (χ0n) is 15.1. The van der Waals surface area contributed by atoms with Crippen LogP contribution in [0, 0.1) is 0 Å². The molecule has 1 aromatic heterocycles. The molecule has 5 nitrogen and oxygen atoms in total. The summed E-state index contributed by atoms with van der Waals surface area (Å²) in [5, 5.41) is 4.70. The van der Waals surface area contributed by atoms with Gasteiger partial charge in [-0.25, -0.2) is 0 Å². The number of carbonyl (C=O) groups excluding carboxylic acids is 1. The minimum atomic E-state index is -4.74. The van der Waals surface area contributed by atoms with Gasteiger partial charge in [0.05, 0.1) is 12.6 Å². The standard InChI is InChI=1S/C19H21F3N2O3S/c20-19(21,22)27-15-7-5-14(6-8-15)23-18(25)13-24(11-16-3-1-9-26-16)12-17-4-2-10-28-17/h2,4-8,10,16H,1,3,9,11-13H2,(H,23,25). The quantitative estimate of drug-likeness (QED) is 0.701. The lowest BCUT2D eigenvalue weighted by Crippen LogP contribution is -2.37. The first-order valence-corrected chi connectivity index (χ1v) is 9.77. The summed E-state index contributed by atoms with van der Waals surface area (Å²) in [6, 6.07) is 9.07. The third kappa shape index (κ3) is 6.81. The van der Waals surface area contributed by atoms with Gasteiger partial charge >= 0.3 is 6.36 Å². The average molecular weight is 414 g/mol. The molecule has 0 spiro atoms.